The highest BCUT2D eigenvalue weighted by molar-refractivity contribution is 5.60. The number of rotatable bonds is 3. The fourth-order valence-corrected chi connectivity index (χ4v) is 3.58. The molecule has 1 aliphatic rings. The first-order chi connectivity index (χ1) is 14.3. The van der Waals surface area contributed by atoms with Crippen LogP contribution < -0.4 is 9.80 Å². The number of piperazine rings is 1. The van der Waals surface area contributed by atoms with E-state index in [4.69, 9.17) is 0 Å². The zero-order valence-electron chi connectivity index (χ0n) is 16.7. The van der Waals surface area contributed by atoms with Gasteiger partial charge in [-0.3, -0.25) is 4.98 Å². The number of hydrogen-bond donors (Lipinski definition) is 0. The summed E-state index contributed by atoms with van der Waals surface area (Å²) in [5.74, 6) is 0.423. The maximum Gasteiger partial charge on any atom is 0.416 e. The maximum absolute atomic E-state index is 13.0. The van der Waals surface area contributed by atoms with E-state index in [0.29, 0.717) is 30.3 Å². The van der Waals surface area contributed by atoms with Gasteiger partial charge in [0, 0.05) is 48.8 Å². The number of anilines is 2. The minimum Gasteiger partial charge on any atom is -0.368 e. The lowest BCUT2D eigenvalue weighted by atomic mass is 10.1. The molecular formula is C21H21F3N6. The van der Waals surface area contributed by atoms with Crippen LogP contribution in [0.5, 0.6) is 0 Å². The summed E-state index contributed by atoms with van der Waals surface area (Å²) in [5.41, 5.74) is 3.12. The normalized spacial score (nSPS) is 14.8. The molecule has 0 spiro atoms. The molecule has 0 unspecified atom stereocenters. The Labute approximate surface area is 172 Å². The Kier molecular flexibility index (Phi) is 5.27. The topological polar surface area (TPSA) is 58.0 Å². The molecule has 1 saturated heterocycles. The number of pyridine rings is 1. The van der Waals surface area contributed by atoms with Crippen LogP contribution in [-0.2, 0) is 6.18 Å². The smallest absolute Gasteiger partial charge is 0.368 e. The lowest BCUT2D eigenvalue weighted by molar-refractivity contribution is -0.137. The van der Waals surface area contributed by atoms with Gasteiger partial charge < -0.3 is 9.80 Å². The van der Waals surface area contributed by atoms with Crippen molar-refractivity contribution in [3.05, 3.63) is 59.5 Å². The molecule has 6 nitrogen and oxygen atoms in total. The summed E-state index contributed by atoms with van der Waals surface area (Å²) >= 11 is 0. The number of alkyl halides is 3. The molecule has 0 aliphatic carbocycles. The molecule has 0 bridgehead atoms. The van der Waals surface area contributed by atoms with E-state index in [1.54, 1.807) is 6.07 Å². The van der Waals surface area contributed by atoms with Crippen molar-refractivity contribution in [3.63, 3.8) is 0 Å². The molecule has 0 amide bonds. The molecule has 0 N–H and O–H groups in total. The van der Waals surface area contributed by atoms with Gasteiger partial charge in [0.1, 0.15) is 0 Å². The summed E-state index contributed by atoms with van der Waals surface area (Å²) in [6.07, 6.45) is -3.02. The van der Waals surface area contributed by atoms with Crippen molar-refractivity contribution in [2.75, 3.05) is 36.0 Å². The largest absolute Gasteiger partial charge is 0.416 e. The molecule has 1 aliphatic heterocycles. The van der Waals surface area contributed by atoms with E-state index < -0.39 is 11.7 Å². The molecule has 9 heteroatoms. The zero-order valence-corrected chi connectivity index (χ0v) is 16.7. The fraction of sp³-hybridized carbons (Fsp3) is 0.333. The van der Waals surface area contributed by atoms with E-state index in [-0.39, 0.29) is 0 Å². The Balaban J connectivity index is 1.50. The van der Waals surface area contributed by atoms with Gasteiger partial charge in [-0.1, -0.05) is 12.1 Å². The van der Waals surface area contributed by atoms with Crippen LogP contribution in [0.1, 0.15) is 17.0 Å². The molecule has 1 aromatic carbocycles. The molecule has 156 valence electrons. The molecule has 30 heavy (non-hydrogen) atoms. The minimum absolute atomic E-state index is 0.363. The minimum atomic E-state index is -4.40. The average Bonchev–Trinajstić information content (AvgIpc) is 2.73. The van der Waals surface area contributed by atoms with Gasteiger partial charge in [0.2, 0.25) is 5.95 Å². The van der Waals surface area contributed by atoms with Crippen LogP contribution in [0, 0.1) is 13.8 Å². The summed E-state index contributed by atoms with van der Waals surface area (Å²) in [7, 11) is 0. The summed E-state index contributed by atoms with van der Waals surface area (Å²) in [5, 5.41) is 8.07. The second-order valence-electron chi connectivity index (χ2n) is 7.30. The summed E-state index contributed by atoms with van der Waals surface area (Å²) in [4.78, 5) is 13.2. The van der Waals surface area contributed by atoms with Crippen LogP contribution in [-0.4, -0.2) is 46.3 Å². The zero-order chi connectivity index (χ0) is 21.3. The van der Waals surface area contributed by atoms with Crippen LogP contribution >= 0.6 is 0 Å². The van der Waals surface area contributed by atoms with Gasteiger partial charge in [0.25, 0.3) is 0 Å². The predicted molar refractivity (Wildman–Crippen MR) is 108 cm³/mol. The van der Waals surface area contributed by atoms with Gasteiger partial charge in [-0.15, -0.1) is 5.10 Å². The Morgan fingerprint density at radius 1 is 0.867 bits per heavy atom. The van der Waals surface area contributed by atoms with Crippen LogP contribution in [0.4, 0.5) is 24.8 Å². The van der Waals surface area contributed by atoms with E-state index in [9.17, 15) is 13.2 Å². The first kappa shape index (κ1) is 20.1. The SMILES string of the molecule is Cc1cc(N2CCN(c3nncc(-c4cccc(C(F)(F)F)c4)n3)CC2)cc(C)n1. The molecule has 1 fully saturated rings. The van der Waals surface area contributed by atoms with Crippen molar-refractivity contribution < 1.29 is 13.2 Å². The first-order valence-electron chi connectivity index (χ1n) is 9.62. The average molecular weight is 414 g/mol. The van der Waals surface area contributed by atoms with Crippen molar-refractivity contribution >= 4 is 11.6 Å². The maximum atomic E-state index is 13.0. The predicted octanol–water partition coefficient (Wildman–Crippen LogP) is 3.90. The number of halogens is 3. The molecule has 0 radical (unpaired) electrons. The first-order valence-corrected chi connectivity index (χ1v) is 9.62. The van der Waals surface area contributed by atoms with E-state index >= 15 is 0 Å². The third kappa shape index (κ3) is 4.34. The van der Waals surface area contributed by atoms with Gasteiger partial charge in [-0.2, -0.15) is 18.3 Å². The van der Waals surface area contributed by atoms with Crippen LogP contribution in [0.15, 0.2) is 42.6 Å². The Bertz CT molecular complexity index is 1020. The van der Waals surface area contributed by atoms with E-state index in [1.165, 1.54) is 12.3 Å². The molecule has 3 aromatic rings. The molecular weight excluding hydrogens is 393 g/mol. The van der Waals surface area contributed by atoms with Gasteiger partial charge in [-0.05, 0) is 38.1 Å². The molecule has 4 rings (SSSR count). The van der Waals surface area contributed by atoms with Gasteiger partial charge in [0.15, 0.2) is 0 Å². The summed E-state index contributed by atoms with van der Waals surface area (Å²) in [6.45, 7) is 6.89. The highest BCUT2D eigenvalue weighted by Crippen LogP contribution is 2.31. The lowest BCUT2D eigenvalue weighted by Gasteiger charge is -2.36. The van der Waals surface area contributed by atoms with Crippen molar-refractivity contribution in [3.8, 4) is 11.3 Å². The van der Waals surface area contributed by atoms with Crippen LogP contribution in [0.25, 0.3) is 11.3 Å². The van der Waals surface area contributed by atoms with Gasteiger partial charge >= 0.3 is 6.18 Å². The molecule has 3 heterocycles. The third-order valence-corrected chi connectivity index (χ3v) is 5.03. The Hall–Kier alpha value is -3.23. The van der Waals surface area contributed by atoms with Gasteiger partial charge in [-0.25, -0.2) is 4.98 Å². The number of aryl methyl sites for hydroxylation is 2. The number of nitrogens with zero attached hydrogens (tertiary/aromatic N) is 6. The van der Waals surface area contributed by atoms with Gasteiger partial charge in [0.05, 0.1) is 17.5 Å². The lowest BCUT2D eigenvalue weighted by Crippen LogP contribution is -2.47. The number of benzene rings is 1. The summed E-state index contributed by atoms with van der Waals surface area (Å²) in [6, 6.07) is 9.22. The van der Waals surface area contributed by atoms with Crippen molar-refractivity contribution in [1.29, 1.82) is 0 Å². The van der Waals surface area contributed by atoms with Crippen LogP contribution in [0.2, 0.25) is 0 Å². The second-order valence-corrected chi connectivity index (χ2v) is 7.30. The second kappa shape index (κ2) is 7.89. The monoisotopic (exact) mass is 414 g/mol. The van der Waals surface area contributed by atoms with E-state index in [2.05, 4.69) is 37.2 Å². The van der Waals surface area contributed by atoms with Crippen molar-refractivity contribution in [1.82, 2.24) is 20.2 Å². The standard InChI is InChI=1S/C21H21F3N6/c1-14-10-18(11-15(2)26-14)29-6-8-30(9-7-29)20-27-19(13-25-28-20)16-4-3-5-17(12-16)21(22,23)24/h3-5,10-13H,6-9H2,1-2H3. The van der Waals surface area contributed by atoms with E-state index in [1.807, 2.05) is 18.7 Å². The number of hydrogen-bond acceptors (Lipinski definition) is 6. The molecule has 2 aromatic heterocycles. The highest BCUT2D eigenvalue weighted by atomic mass is 19.4. The molecule has 0 saturated carbocycles. The summed E-state index contributed by atoms with van der Waals surface area (Å²) < 4.78 is 39.0. The van der Waals surface area contributed by atoms with E-state index in [0.717, 1.165) is 42.3 Å². The molecule has 0 atom stereocenters. The number of aromatic nitrogens is 4. The van der Waals surface area contributed by atoms with Crippen LogP contribution in [0.3, 0.4) is 0 Å². The van der Waals surface area contributed by atoms with Crippen molar-refractivity contribution in [2.45, 2.75) is 20.0 Å². The highest BCUT2D eigenvalue weighted by Gasteiger charge is 2.30. The van der Waals surface area contributed by atoms with Crippen molar-refractivity contribution in [2.24, 2.45) is 0 Å². The Morgan fingerprint density at radius 2 is 1.53 bits per heavy atom. The Morgan fingerprint density at radius 3 is 2.20 bits per heavy atom. The fourth-order valence-electron chi connectivity index (χ4n) is 3.58. The quantitative estimate of drug-likeness (QED) is 0.648. The third-order valence-electron chi connectivity index (χ3n) is 5.03.